The van der Waals surface area contributed by atoms with Crippen molar-refractivity contribution in [3.8, 4) is 0 Å². The second kappa shape index (κ2) is 5.26. The lowest BCUT2D eigenvalue weighted by Crippen LogP contribution is -2.39. The number of carbonyl (C=O) groups excluding carboxylic acids is 2. The summed E-state index contributed by atoms with van der Waals surface area (Å²) in [5.41, 5.74) is 5.08. The van der Waals surface area contributed by atoms with E-state index in [0.717, 1.165) is 11.0 Å². The molecule has 0 fully saturated rings. The van der Waals surface area contributed by atoms with Crippen LogP contribution < -0.4 is 5.73 Å². The molecule has 66 valence electrons. The van der Waals surface area contributed by atoms with Gasteiger partial charge in [0.2, 0.25) is 5.91 Å². The lowest BCUT2D eigenvalue weighted by molar-refractivity contribution is -0.140. The van der Waals surface area contributed by atoms with Crippen molar-refractivity contribution >= 4 is 11.8 Å². The molecule has 0 aromatic rings. The van der Waals surface area contributed by atoms with E-state index in [2.05, 4.69) is 13.2 Å². The summed E-state index contributed by atoms with van der Waals surface area (Å²) >= 11 is 0. The Kier molecular flexibility index (Phi) is 4.64. The van der Waals surface area contributed by atoms with E-state index in [1.165, 1.54) is 6.08 Å². The van der Waals surface area contributed by atoms with Crippen LogP contribution in [0.15, 0.2) is 25.3 Å². The Morgan fingerprint density at radius 1 is 1.42 bits per heavy atom. The fourth-order valence-electron chi connectivity index (χ4n) is 0.664. The molecule has 4 nitrogen and oxygen atoms in total. The van der Waals surface area contributed by atoms with E-state index in [4.69, 9.17) is 5.73 Å². The average molecular weight is 168 g/mol. The number of rotatable bonds is 4. The maximum absolute atomic E-state index is 11.0. The zero-order valence-corrected chi connectivity index (χ0v) is 6.82. The summed E-state index contributed by atoms with van der Waals surface area (Å²) in [5.74, 6) is -0.884. The van der Waals surface area contributed by atoms with Gasteiger partial charge in [-0.3, -0.25) is 14.5 Å². The molecule has 2 amide bonds. The second-order valence-corrected chi connectivity index (χ2v) is 2.04. The van der Waals surface area contributed by atoms with Gasteiger partial charge in [0, 0.05) is 6.54 Å². The zero-order valence-electron chi connectivity index (χ0n) is 6.82. The average Bonchev–Trinajstić information content (AvgIpc) is 2.11. The van der Waals surface area contributed by atoms with Crippen LogP contribution in [0.4, 0.5) is 0 Å². The summed E-state index contributed by atoms with van der Waals surface area (Å²) < 4.78 is 0. The Morgan fingerprint density at radius 3 is 2.33 bits per heavy atom. The lowest BCUT2D eigenvalue weighted by Gasteiger charge is -2.15. The third-order valence-electron chi connectivity index (χ3n) is 1.23. The van der Waals surface area contributed by atoms with Crippen molar-refractivity contribution in [2.75, 3.05) is 13.1 Å². The van der Waals surface area contributed by atoms with E-state index in [0.29, 0.717) is 0 Å². The lowest BCUT2D eigenvalue weighted by atomic mass is 10.4. The van der Waals surface area contributed by atoms with E-state index >= 15 is 0 Å². The highest BCUT2D eigenvalue weighted by atomic mass is 16.2. The maximum atomic E-state index is 11.0. The van der Waals surface area contributed by atoms with Gasteiger partial charge in [-0.05, 0) is 6.08 Å². The number of nitrogens with two attached hydrogens (primary N) is 1. The first kappa shape index (κ1) is 10.6. The van der Waals surface area contributed by atoms with Crippen molar-refractivity contribution in [2.45, 2.75) is 0 Å². The summed E-state index contributed by atoms with van der Waals surface area (Å²) in [4.78, 5) is 23.0. The van der Waals surface area contributed by atoms with Gasteiger partial charge in [-0.15, -0.1) is 6.58 Å². The monoisotopic (exact) mass is 168 g/mol. The van der Waals surface area contributed by atoms with E-state index in [-0.39, 0.29) is 13.1 Å². The smallest absolute Gasteiger partial charge is 0.252 e. The van der Waals surface area contributed by atoms with E-state index < -0.39 is 11.8 Å². The normalized spacial score (nSPS) is 8.75. The van der Waals surface area contributed by atoms with Gasteiger partial charge in [-0.25, -0.2) is 0 Å². The van der Waals surface area contributed by atoms with Gasteiger partial charge in [0.1, 0.15) is 0 Å². The third kappa shape index (κ3) is 2.67. The number of hydrogen-bond acceptors (Lipinski definition) is 3. The molecule has 0 bridgehead atoms. The van der Waals surface area contributed by atoms with Crippen LogP contribution in [0.3, 0.4) is 0 Å². The van der Waals surface area contributed by atoms with Crippen LogP contribution in [-0.4, -0.2) is 29.8 Å². The molecule has 0 heterocycles. The van der Waals surface area contributed by atoms with Gasteiger partial charge in [0.15, 0.2) is 0 Å². The summed E-state index contributed by atoms with van der Waals surface area (Å²) in [6.07, 6.45) is 2.52. The third-order valence-corrected chi connectivity index (χ3v) is 1.23. The zero-order chi connectivity index (χ0) is 9.56. The van der Waals surface area contributed by atoms with Crippen LogP contribution in [0.1, 0.15) is 0 Å². The maximum Gasteiger partial charge on any atom is 0.252 e. The quantitative estimate of drug-likeness (QED) is 0.462. The van der Waals surface area contributed by atoms with Crippen LogP contribution in [0.2, 0.25) is 0 Å². The van der Waals surface area contributed by atoms with E-state index in [1.54, 1.807) is 0 Å². The second-order valence-electron chi connectivity index (χ2n) is 2.04. The van der Waals surface area contributed by atoms with Gasteiger partial charge in [0.25, 0.3) is 5.91 Å². The fraction of sp³-hybridized carbons (Fsp3) is 0.250. The van der Waals surface area contributed by atoms with E-state index in [1.807, 2.05) is 0 Å². The molecule has 0 aliphatic heterocycles. The highest BCUT2D eigenvalue weighted by Crippen LogP contribution is 1.91. The molecule has 0 radical (unpaired) electrons. The summed E-state index contributed by atoms with van der Waals surface area (Å²) in [6, 6.07) is 0. The minimum absolute atomic E-state index is 0.168. The largest absolute Gasteiger partial charge is 0.322 e. The Morgan fingerprint density at radius 2 is 2.00 bits per heavy atom. The molecule has 0 aromatic carbocycles. The molecule has 0 unspecified atom stereocenters. The highest BCUT2D eigenvalue weighted by molar-refractivity contribution is 6.01. The number of nitrogens with zero attached hydrogens (tertiary/aromatic N) is 1. The van der Waals surface area contributed by atoms with Crippen LogP contribution in [-0.2, 0) is 9.59 Å². The van der Waals surface area contributed by atoms with Crippen molar-refractivity contribution in [2.24, 2.45) is 5.73 Å². The van der Waals surface area contributed by atoms with Crippen molar-refractivity contribution in [3.63, 3.8) is 0 Å². The highest BCUT2D eigenvalue weighted by Gasteiger charge is 2.14. The van der Waals surface area contributed by atoms with Crippen molar-refractivity contribution in [1.82, 2.24) is 4.90 Å². The van der Waals surface area contributed by atoms with Gasteiger partial charge >= 0.3 is 0 Å². The van der Waals surface area contributed by atoms with Gasteiger partial charge in [-0.2, -0.15) is 0 Å². The molecule has 0 aliphatic rings. The number of amides is 2. The molecular weight excluding hydrogens is 156 g/mol. The molecule has 0 aromatic heterocycles. The first-order chi connectivity index (χ1) is 5.67. The molecule has 12 heavy (non-hydrogen) atoms. The van der Waals surface area contributed by atoms with Crippen LogP contribution >= 0.6 is 0 Å². The van der Waals surface area contributed by atoms with Crippen LogP contribution in [0.5, 0.6) is 0 Å². The van der Waals surface area contributed by atoms with Gasteiger partial charge < -0.3 is 5.73 Å². The Labute approximate surface area is 71.3 Å². The SMILES string of the molecule is C=CCN(C(=O)C=C)C(=O)CN. The van der Waals surface area contributed by atoms with Crippen molar-refractivity contribution in [3.05, 3.63) is 25.3 Å². The molecule has 0 spiro atoms. The Bertz CT molecular complexity index is 211. The summed E-state index contributed by atoms with van der Waals surface area (Å²) in [6.45, 7) is 6.66. The van der Waals surface area contributed by atoms with Gasteiger partial charge in [0.05, 0.1) is 6.54 Å². The Balaban J connectivity index is 4.41. The van der Waals surface area contributed by atoms with Crippen LogP contribution in [0.25, 0.3) is 0 Å². The van der Waals surface area contributed by atoms with Gasteiger partial charge in [-0.1, -0.05) is 12.7 Å². The molecule has 0 aliphatic carbocycles. The molecule has 0 atom stereocenters. The standard InChI is InChI=1S/C8H12N2O2/c1-3-5-10(7(11)4-2)8(12)6-9/h3-4H,1-2,5-6,9H2. The molecule has 0 rings (SSSR count). The molecule has 0 saturated carbocycles. The predicted molar refractivity (Wildman–Crippen MR) is 46.2 cm³/mol. The molecular formula is C8H12N2O2. The topological polar surface area (TPSA) is 63.4 Å². The summed E-state index contributed by atoms with van der Waals surface area (Å²) in [5, 5.41) is 0. The number of carbonyl (C=O) groups is 2. The van der Waals surface area contributed by atoms with Crippen molar-refractivity contribution < 1.29 is 9.59 Å². The first-order valence-electron chi connectivity index (χ1n) is 3.45. The molecule has 2 N–H and O–H groups in total. The molecule has 4 heteroatoms. The minimum Gasteiger partial charge on any atom is -0.322 e. The minimum atomic E-state index is -0.453. The summed E-state index contributed by atoms with van der Waals surface area (Å²) in [7, 11) is 0. The molecule has 0 saturated heterocycles. The number of hydrogen-bond donors (Lipinski definition) is 1. The Hall–Kier alpha value is -1.42. The first-order valence-corrected chi connectivity index (χ1v) is 3.45. The van der Waals surface area contributed by atoms with E-state index in [9.17, 15) is 9.59 Å². The van der Waals surface area contributed by atoms with Crippen molar-refractivity contribution in [1.29, 1.82) is 0 Å². The fourth-order valence-corrected chi connectivity index (χ4v) is 0.664. The van der Waals surface area contributed by atoms with Crippen LogP contribution in [0, 0.1) is 0 Å². The number of imide groups is 1. The predicted octanol–water partition coefficient (Wildman–Crippen LogP) is -0.328.